The molecule has 192 valence electrons. The van der Waals surface area contributed by atoms with E-state index < -0.39 is 45.0 Å². The summed E-state index contributed by atoms with van der Waals surface area (Å²) in [4.78, 5) is 35.8. The van der Waals surface area contributed by atoms with E-state index in [0.717, 1.165) is 10.9 Å². The number of alkyl carbamates (subject to hydrolysis) is 1. The molecule has 0 aliphatic rings. The van der Waals surface area contributed by atoms with Crippen molar-refractivity contribution in [1.82, 2.24) is 9.88 Å². The molecular formula is C25H29N3O7S. The first-order valence-corrected chi connectivity index (χ1v) is 13.0. The van der Waals surface area contributed by atoms with Crippen LogP contribution in [0.1, 0.15) is 26.3 Å². The van der Waals surface area contributed by atoms with E-state index in [9.17, 15) is 27.9 Å². The van der Waals surface area contributed by atoms with Gasteiger partial charge in [0, 0.05) is 17.4 Å². The van der Waals surface area contributed by atoms with Crippen molar-refractivity contribution in [3.63, 3.8) is 0 Å². The minimum absolute atomic E-state index is 0.116. The SMILES string of the molecule is CC(C)(C)OC(=O)N[C@H](CS(=O)(=O)Cc1ccc(NC(=O)Cn2ccc3ccccc32)cc1)C(=O)O. The smallest absolute Gasteiger partial charge is 0.408 e. The number of sulfone groups is 1. The maximum atomic E-state index is 12.6. The summed E-state index contributed by atoms with van der Waals surface area (Å²) in [5, 5.41) is 15.2. The van der Waals surface area contributed by atoms with Gasteiger partial charge in [-0.3, -0.25) is 4.79 Å². The van der Waals surface area contributed by atoms with Gasteiger partial charge in [-0.15, -0.1) is 0 Å². The van der Waals surface area contributed by atoms with E-state index in [1.165, 1.54) is 12.1 Å². The van der Waals surface area contributed by atoms with E-state index in [1.54, 1.807) is 32.9 Å². The minimum Gasteiger partial charge on any atom is -0.480 e. The number of carboxylic acid groups (broad SMARTS) is 1. The second-order valence-corrected chi connectivity index (χ2v) is 11.4. The summed E-state index contributed by atoms with van der Waals surface area (Å²) in [6.07, 6.45) is 0.818. The van der Waals surface area contributed by atoms with Crippen molar-refractivity contribution in [3.8, 4) is 0 Å². The van der Waals surface area contributed by atoms with E-state index in [1.807, 2.05) is 41.1 Å². The third kappa shape index (κ3) is 7.84. The lowest BCUT2D eigenvalue weighted by molar-refractivity contribution is -0.138. The van der Waals surface area contributed by atoms with Gasteiger partial charge in [-0.1, -0.05) is 30.3 Å². The third-order valence-electron chi connectivity index (χ3n) is 5.03. The van der Waals surface area contributed by atoms with Crippen LogP contribution in [-0.4, -0.2) is 53.5 Å². The molecule has 0 radical (unpaired) electrons. The van der Waals surface area contributed by atoms with Gasteiger partial charge in [0.25, 0.3) is 0 Å². The molecule has 11 heteroatoms. The molecule has 0 unspecified atom stereocenters. The van der Waals surface area contributed by atoms with E-state index in [2.05, 4.69) is 10.6 Å². The molecular weight excluding hydrogens is 486 g/mol. The molecule has 10 nitrogen and oxygen atoms in total. The molecule has 3 aromatic rings. The average molecular weight is 516 g/mol. The summed E-state index contributed by atoms with van der Waals surface area (Å²) < 4.78 is 32.0. The number of amides is 2. The zero-order valence-electron chi connectivity index (χ0n) is 20.2. The Balaban J connectivity index is 1.57. The number of para-hydroxylation sites is 1. The first-order valence-electron chi connectivity index (χ1n) is 11.2. The van der Waals surface area contributed by atoms with Crippen molar-refractivity contribution in [2.45, 2.75) is 44.7 Å². The number of nitrogens with one attached hydrogen (secondary N) is 2. The number of carbonyl (C=O) groups excluding carboxylic acids is 2. The maximum Gasteiger partial charge on any atom is 0.408 e. The third-order valence-corrected chi connectivity index (χ3v) is 6.64. The van der Waals surface area contributed by atoms with Gasteiger partial charge < -0.3 is 25.0 Å². The quantitative estimate of drug-likeness (QED) is 0.397. The van der Waals surface area contributed by atoms with Crippen molar-refractivity contribution < 1.29 is 32.6 Å². The molecule has 0 aliphatic carbocycles. The van der Waals surface area contributed by atoms with Crippen molar-refractivity contribution in [3.05, 3.63) is 66.4 Å². The van der Waals surface area contributed by atoms with Gasteiger partial charge in [0.2, 0.25) is 5.91 Å². The van der Waals surface area contributed by atoms with Crippen LogP contribution in [0.5, 0.6) is 0 Å². The van der Waals surface area contributed by atoms with Crippen LogP contribution >= 0.6 is 0 Å². The lowest BCUT2D eigenvalue weighted by Crippen LogP contribution is -2.47. The lowest BCUT2D eigenvalue weighted by Gasteiger charge is -2.22. The molecule has 0 aliphatic heterocycles. The monoisotopic (exact) mass is 515 g/mol. The summed E-state index contributed by atoms with van der Waals surface area (Å²) in [6, 6.07) is 14.2. The summed E-state index contributed by atoms with van der Waals surface area (Å²) >= 11 is 0. The summed E-state index contributed by atoms with van der Waals surface area (Å²) in [6.45, 7) is 4.93. The molecule has 0 bridgehead atoms. The van der Waals surface area contributed by atoms with Gasteiger partial charge in [-0.25, -0.2) is 18.0 Å². The van der Waals surface area contributed by atoms with Crippen molar-refractivity contribution >= 4 is 44.4 Å². The maximum absolute atomic E-state index is 12.6. The largest absolute Gasteiger partial charge is 0.480 e. The first-order chi connectivity index (χ1) is 16.8. The predicted molar refractivity (Wildman–Crippen MR) is 135 cm³/mol. The molecule has 0 saturated carbocycles. The number of hydrogen-bond acceptors (Lipinski definition) is 6. The zero-order chi connectivity index (χ0) is 26.5. The highest BCUT2D eigenvalue weighted by atomic mass is 32.2. The molecule has 3 rings (SSSR count). The standard InChI is InChI=1S/C25H29N3O7S/c1-25(2,3)35-24(32)27-20(23(30)31)16-36(33,34)15-17-8-10-19(11-9-17)26-22(29)14-28-13-12-18-6-4-5-7-21(18)28/h4-13,20H,14-16H2,1-3H3,(H,26,29)(H,27,32)(H,30,31)/t20-/m1/s1. The number of carbonyl (C=O) groups is 3. The van der Waals surface area contributed by atoms with Gasteiger partial charge in [-0.2, -0.15) is 0 Å². The highest BCUT2D eigenvalue weighted by Gasteiger charge is 2.29. The summed E-state index contributed by atoms with van der Waals surface area (Å²) in [5.74, 6) is -2.96. The van der Waals surface area contributed by atoms with Crippen LogP contribution in [0.25, 0.3) is 10.9 Å². The Labute approximate surface area is 209 Å². The number of hydrogen-bond donors (Lipinski definition) is 3. The topological polar surface area (TPSA) is 144 Å². The molecule has 1 heterocycles. The number of ether oxygens (including phenoxy) is 1. The fourth-order valence-corrected chi connectivity index (χ4v) is 5.06. The van der Waals surface area contributed by atoms with E-state index in [-0.39, 0.29) is 12.5 Å². The number of aliphatic carboxylic acids is 1. The Morgan fingerprint density at radius 3 is 2.33 bits per heavy atom. The van der Waals surface area contributed by atoms with Crippen molar-refractivity contribution in [2.75, 3.05) is 11.1 Å². The second-order valence-electron chi connectivity index (χ2n) is 9.34. The molecule has 1 atom stereocenters. The Hall–Kier alpha value is -3.86. The minimum atomic E-state index is -3.90. The van der Waals surface area contributed by atoms with Crippen LogP contribution < -0.4 is 10.6 Å². The predicted octanol–water partition coefficient (Wildman–Crippen LogP) is 3.17. The first kappa shape index (κ1) is 26.7. The van der Waals surface area contributed by atoms with Crippen LogP contribution in [0.2, 0.25) is 0 Å². The number of aromatic nitrogens is 1. The van der Waals surface area contributed by atoms with E-state index in [0.29, 0.717) is 11.3 Å². The summed E-state index contributed by atoms with van der Waals surface area (Å²) in [7, 11) is -3.90. The van der Waals surface area contributed by atoms with Crippen molar-refractivity contribution in [1.29, 1.82) is 0 Å². The number of carboxylic acids is 1. The molecule has 2 aromatic carbocycles. The van der Waals surface area contributed by atoms with Crippen molar-refractivity contribution in [2.24, 2.45) is 0 Å². The lowest BCUT2D eigenvalue weighted by atomic mass is 10.2. The van der Waals surface area contributed by atoms with Crippen LogP contribution in [0.3, 0.4) is 0 Å². The Bertz CT molecular complexity index is 1360. The van der Waals surface area contributed by atoms with Gasteiger partial charge >= 0.3 is 12.1 Å². The normalized spacial score (nSPS) is 12.6. The molecule has 36 heavy (non-hydrogen) atoms. The number of benzene rings is 2. The van der Waals surface area contributed by atoms with Crippen LogP contribution in [0.15, 0.2) is 60.8 Å². The molecule has 0 saturated heterocycles. The summed E-state index contributed by atoms with van der Waals surface area (Å²) in [5.41, 5.74) is 0.978. The van der Waals surface area contributed by atoms with Gasteiger partial charge in [-0.05, 0) is 56.0 Å². The highest BCUT2D eigenvalue weighted by molar-refractivity contribution is 7.90. The van der Waals surface area contributed by atoms with E-state index in [4.69, 9.17) is 4.74 Å². The molecule has 1 aromatic heterocycles. The average Bonchev–Trinajstić information content (AvgIpc) is 3.15. The fraction of sp³-hybridized carbons (Fsp3) is 0.320. The molecule has 3 N–H and O–H groups in total. The second kappa shape index (κ2) is 10.8. The fourth-order valence-electron chi connectivity index (χ4n) is 3.51. The van der Waals surface area contributed by atoms with Crippen LogP contribution in [-0.2, 0) is 36.5 Å². The number of fused-ring (bicyclic) bond motifs is 1. The Kier molecular flexibility index (Phi) is 8.03. The Morgan fingerprint density at radius 2 is 1.69 bits per heavy atom. The molecule has 2 amide bonds. The number of nitrogens with zero attached hydrogens (tertiary/aromatic N) is 1. The zero-order valence-corrected chi connectivity index (χ0v) is 21.0. The van der Waals surface area contributed by atoms with Gasteiger partial charge in [0.05, 0.1) is 11.5 Å². The molecule has 0 spiro atoms. The van der Waals surface area contributed by atoms with Gasteiger partial charge in [0.15, 0.2) is 9.84 Å². The highest BCUT2D eigenvalue weighted by Crippen LogP contribution is 2.17. The van der Waals surface area contributed by atoms with E-state index >= 15 is 0 Å². The number of anilines is 1. The van der Waals surface area contributed by atoms with Crippen LogP contribution in [0.4, 0.5) is 10.5 Å². The van der Waals surface area contributed by atoms with Gasteiger partial charge in [0.1, 0.15) is 18.2 Å². The molecule has 0 fully saturated rings. The number of rotatable bonds is 9. The Morgan fingerprint density at radius 1 is 1.03 bits per heavy atom. The van der Waals surface area contributed by atoms with Crippen LogP contribution in [0, 0.1) is 0 Å².